The van der Waals surface area contributed by atoms with E-state index in [9.17, 15) is 0 Å². The molecule has 18 heavy (non-hydrogen) atoms. The van der Waals surface area contributed by atoms with E-state index in [0.29, 0.717) is 28.3 Å². The molecule has 1 aromatic carbocycles. The first-order valence-electron chi connectivity index (χ1n) is 5.26. The Morgan fingerprint density at radius 2 is 2.11 bits per heavy atom. The Bertz CT molecular complexity index is 530. The van der Waals surface area contributed by atoms with Crippen LogP contribution in [0.4, 0.5) is 0 Å². The number of hydrogen-bond donors (Lipinski definition) is 0. The fourth-order valence-corrected chi connectivity index (χ4v) is 2.84. The lowest BCUT2D eigenvalue weighted by Crippen LogP contribution is -2.01. The van der Waals surface area contributed by atoms with Crippen LogP contribution in [0.15, 0.2) is 23.6 Å². The van der Waals surface area contributed by atoms with Gasteiger partial charge in [0.25, 0.3) is 0 Å². The van der Waals surface area contributed by atoms with Crippen molar-refractivity contribution in [3.05, 3.63) is 44.3 Å². The molecule has 0 saturated carbocycles. The quantitative estimate of drug-likeness (QED) is 0.737. The Morgan fingerprint density at radius 1 is 1.28 bits per heavy atom. The van der Waals surface area contributed by atoms with Crippen LogP contribution in [-0.2, 0) is 12.3 Å². The Kier molecular flexibility index (Phi) is 5.13. The van der Waals surface area contributed by atoms with Gasteiger partial charge in [0.05, 0.1) is 28.2 Å². The number of hydrogen-bond acceptors (Lipinski definition) is 3. The van der Waals surface area contributed by atoms with Crippen molar-refractivity contribution in [1.82, 2.24) is 4.98 Å². The van der Waals surface area contributed by atoms with Gasteiger partial charge < -0.3 is 4.74 Å². The summed E-state index contributed by atoms with van der Waals surface area (Å²) < 4.78 is 5.58. The number of rotatable bonds is 5. The zero-order valence-electron chi connectivity index (χ0n) is 9.33. The lowest BCUT2D eigenvalue weighted by molar-refractivity contribution is 0.322. The molecule has 2 aromatic rings. The molecule has 0 saturated heterocycles. The number of alkyl halides is 1. The maximum absolute atomic E-state index is 6.00. The van der Waals surface area contributed by atoms with E-state index in [-0.39, 0.29) is 0 Å². The van der Waals surface area contributed by atoms with Crippen LogP contribution in [0, 0.1) is 0 Å². The molecule has 2 nitrogen and oxygen atoms in total. The van der Waals surface area contributed by atoms with Crippen LogP contribution in [-0.4, -0.2) is 11.6 Å². The third-order valence-corrected chi connectivity index (χ3v) is 3.97. The number of thiazole rings is 1. The van der Waals surface area contributed by atoms with E-state index in [4.69, 9.17) is 39.5 Å². The zero-order chi connectivity index (χ0) is 13.0. The predicted molar refractivity (Wildman–Crippen MR) is 77.3 cm³/mol. The average Bonchev–Trinajstić information content (AvgIpc) is 2.80. The van der Waals surface area contributed by atoms with Crippen molar-refractivity contribution in [1.29, 1.82) is 0 Å². The van der Waals surface area contributed by atoms with Gasteiger partial charge in [0.15, 0.2) is 0 Å². The first-order chi connectivity index (χ1) is 8.69. The summed E-state index contributed by atoms with van der Waals surface area (Å²) in [6.07, 6.45) is 0.737. The summed E-state index contributed by atoms with van der Waals surface area (Å²) in [6.45, 7) is 0.524. The number of ether oxygens (including phenoxy) is 1. The van der Waals surface area contributed by atoms with E-state index in [0.717, 1.165) is 17.1 Å². The Hall–Kier alpha value is -0.480. The maximum Gasteiger partial charge on any atom is 0.138 e. The fraction of sp³-hybridized carbons (Fsp3) is 0.250. The highest BCUT2D eigenvalue weighted by Gasteiger charge is 2.04. The Labute approximate surface area is 124 Å². The molecule has 1 heterocycles. The van der Waals surface area contributed by atoms with Crippen LogP contribution >= 0.6 is 46.1 Å². The number of halogens is 3. The molecular formula is C12H10Cl3NOS. The first kappa shape index (κ1) is 13.9. The van der Waals surface area contributed by atoms with Gasteiger partial charge >= 0.3 is 0 Å². The van der Waals surface area contributed by atoms with Gasteiger partial charge in [0.1, 0.15) is 5.75 Å². The Balaban J connectivity index is 1.88. The second-order valence-electron chi connectivity index (χ2n) is 3.54. The van der Waals surface area contributed by atoms with Crippen LogP contribution < -0.4 is 4.74 Å². The molecule has 0 bridgehead atoms. The monoisotopic (exact) mass is 321 g/mol. The van der Waals surface area contributed by atoms with Crippen molar-refractivity contribution in [3.8, 4) is 5.75 Å². The van der Waals surface area contributed by atoms with Gasteiger partial charge in [0.2, 0.25) is 0 Å². The molecule has 0 N–H and O–H groups in total. The predicted octanol–water partition coefficient (Wildman–Crippen LogP) is 4.81. The molecular weight excluding hydrogens is 313 g/mol. The van der Waals surface area contributed by atoms with Crippen molar-refractivity contribution in [2.24, 2.45) is 0 Å². The summed E-state index contributed by atoms with van der Waals surface area (Å²) in [4.78, 5) is 4.35. The molecule has 0 atom stereocenters. The van der Waals surface area contributed by atoms with Crippen LogP contribution in [0.2, 0.25) is 10.0 Å². The van der Waals surface area contributed by atoms with E-state index in [1.54, 1.807) is 29.5 Å². The molecule has 1 aromatic heterocycles. The minimum Gasteiger partial charge on any atom is -0.492 e. The van der Waals surface area contributed by atoms with Gasteiger partial charge in [-0.15, -0.1) is 22.9 Å². The molecule has 0 spiro atoms. The second kappa shape index (κ2) is 6.62. The summed E-state index contributed by atoms with van der Waals surface area (Å²) in [5, 5.41) is 4.08. The molecule has 6 heteroatoms. The second-order valence-corrected chi connectivity index (χ2v) is 5.59. The van der Waals surface area contributed by atoms with Crippen LogP contribution in [0.3, 0.4) is 0 Å². The summed E-state index contributed by atoms with van der Waals surface area (Å²) in [7, 11) is 0. The van der Waals surface area contributed by atoms with E-state index in [1.807, 2.05) is 5.38 Å². The molecule has 96 valence electrons. The van der Waals surface area contributed by atoms with Crippen LogP contribution in [0.25, 0.3) is 0 Å². The largest absolute Gasteiger partial charge is 0.492 e. The number of benzene rings is 1. The Morgan fingerprint density at radius 3 is 2.78 bits per heavy atom. The fourth-order valence-electron chi connectivity index (χ4n) is 1.37. The van der Waals surface area contributed by atoms with Gasteiger partial charge in [-0.25, -0.2) is 4.98 Å². The molecule has 0 unspecified atom stereocenters. The minimum absolute atomic E-state index is 0.445. The van der Waals surface area contributed by atoms with E-state index in [1.165, 1.54) is 0 Å². The van der Waals surface area contributed by atoms with Crippen molar-refractivity contribution in [2.75, 3.05) is 6.61 Å². The molecule has 0 amide bonds. The van der Waals surface area contributed by atoms with Crippen LogP contribution in [0.1, 0.15) is 10.7 Å². The SMILES string of the molecule is ClCc1csc(CCOc2ccc(Cl)cc2Cl)n1. The molecule has 0 radical (unpaired) electrons. The third-order valence-electron chi connectivity index (χ3n) is 2.20. The zero-order valence-corrected chi connectivity index (χ0v) is 12.4. The lowest BCUT2D eigenvalue weighted by Gasteiger charge is -2.06. The van der Waals surface area contributed by atoms with Gasteiger partial charge in [-0.05, 0) is 18.2 Å². The average molecular weight is 323 g/mol. The molecule has 0 aliphatic carbocycles. The van der Waals surface area contributed by atoms with Gasteiger partial charge in [-0.1, -0.05) is 23.2 Å². The normalized spacial score (nSPS) is 10.6. The summed E-state index contributed by atoms with van der Waals surface area (Å²) in [5.41, 5.74) is 0.904. The lowest BCUT2D eigenvalue weighted by atomic mass is 10.3. The minimum atomic E-state index is 0.445. The van der Waals surface area contributed by atoms with Gasteiger partial charge in [-0.2, -0.15) is 0 Å². The maximum atomic E-state index is 6.00. The van der Waals surface area contributed by atoms with Crippen molar-refractivity contribution in [2.45, 2.75) is 12.3 Å². The summed E-state index contributed by atoms with van der Waals surface area (Å²) in [6, 6.07) is 5.17. The number of nitrogens with zero attached hydrogens (tertiary/aromatic N) is 1. The highest BCUT2D eigenvalue weighted by molar-refractivity contribution is 7.09. The van der Waals surface area contributed by atoms with E-state index >= 15 is 0 Å². The van der Waals surface area contributed by atoms with Crippen molar-refractivity contribution < 1.29 is 4.74 Å². The number of aromatic nitrogens is 1. The van der Waals surface area contributed by atoms with Crippen molar-refractivity contribution in [3.63, 3.8) is 0 Å². The van der Waals surface area contributed by atoms with Crippen molar-refractivity contribution >= 4 is 46.1 Å². The molecule has 2 rings (SSSR count). The third kappa shape index (κ3) is 3.75. The van der Waals surface area contributed by atoms with Gasteiger partial charge in [-0.3, -0.25) is 0 Å². The molecule has 0 aliphatic rings. The summed E-state index contributed by atoms with van der Waals surface area (Å²) in [5.74, 6) is 1.08. The van der Waals surface area contributed by atoms with Crippen LogP contribution in [0.5, 0.6) is 5.75 Å². The highest BCUT2D eigenvalue weighted by atomic mass is 35.5. The standard InChI is InChI=1S/C12H10Cl3NOS/c13-6-9-7-18-12(16-9)3-4-17-11-2-1-8(14)5-10(11)15/h1-2,5,7H,3-4,6H2. The topological polar surface area (TPSA) is 22.1 Å². The first-order valence-corrected chi connectivity index (χ1v) is 7.43. The molecule has 0 aliphatic heterocycles. The van der Waals surface area contributed by atoms with Gasteiger partial charge in [0, 0.05) is 16.8 Å². The molecule has 0 fully saturated rings. The van der Waals surface area contributed by atoms with E-state index in [2.05, 4.69) is 4.98 Å². The summed E-state index contributed by atoms with van der Waals surface area (Å²) >= 11 is 19.1. The smallest absolute Gasteiger partial charge is 0.138 e. The van der Waals surface area contributed by atoms with E-state index < -0.39 is 0 Å². The highest BCUT2D eigenvalue weighted by Crippen LogP contribution is 2.27.